The van der Waals surface area contributed by atoms with E-state index in [0.29, 0.717) is 16.8 Å². The zero-order valence-corrected chi connectivity index (χ0v) is 18.1. The van der Waals surface area contributed by atoms with Gasteiger partial charge in [0.25, 0.3) is 0 Å². The van der Waals surface area contributed by atoms with E-state index in [-0.39, 0.29) is 28.8 Å². The van der Waals surface area contributed by atoms with Crippen molar-refractivity contribution in [2.45, 2.75) is 43.8 Å². The van der Waals surface area contributed by atoms with E-state index in [9.17, 15) is 14.4 Å². The van der Waals surface area contributed by atoms with E-state index < -0.39 is 11.9 Å². The van der Waals surface area contributed by atoms with Crippen LogP contribution in [0.1, 0.15) is 65.2 Å². The Bertz CT molecular complexity index is 934. The van der Waals surface area contributed by atoms with Crippen LogP contribution in [0.5, 0.6) is 0 Å². The number of ether oxygens (including phenoxy) is 2. The number of rotatable bonds is 8. The molecule has 1 heterocycles. The highest BCUT2D eigenvalue weighted by atomic mass is 32.2. The Morgan fingerprint density at radius 3 is 2.20 bits per heavy atom. The van der Waals surface area contributed by atoms with Crippen LogP contribution < -0.4 is 5.32 Å². The third-order valence-corrected chi connectivity index (χ3v) is 5.48. The second-order valence-corrected chi connectivity index (χ2v) is 8.14. The van der Waals surface area contributed by atoms with Crippen LogP contribution in [0.25, 0.3) is 0 Å². The molecular formula is C20H24N4O5S. The van der Waals surface area contributed by atoms with Crippen molar-refractivity contribution in [3.8, 4) is 0 Å². The molecular weight excluding hydrogens is 408 g/mol. The molecule has 1 aromatic heterocycles. The lowest BCUT2D eigenvalue weighted by molar-refractivity contribution is -0.113. The van der Waals surface area contributed by atoms with Crippen molar-refractivity contribution in [2.24, 2.45) is 0 Å². The molecule has 1 saturated carbocycles. The van der Waals surface area contributed by atoms with Crippen molar-refractivity contribution in [1.82, 2.24) is 14.8 Å². The monoisotopic (exact) mass is 432 g/mol. The summed E-state index contributed by atoms with van der Waals surface area (Å²) >= 11 is 1.29. The fraction of sp³-hybridized carbons (Fsp3) is 0.450. The molecule has 9 nitrogen and oxygen atoms in total. The van der Waals surface area contributed by atoms with Gasteiger partial charge in [-0.15, -0.1) is 10.2 Å². The molecule has 10 heteroatoms. The van der Waals surface area contributed by atoms with Crippen molar-refractivity contribution in [1.29, 1.82) is 0 Å². The summed E-state index contributed by atoms with van der Waals surface area (Å²) < 4.78 is 11.5. The van der Waals surface area contributed by atoms with Gasteiger partial charge in [-0.3, -0.25) is 4.79 Å². The van der Waals surface area contributed by atoms with Crippen LogP contribution in [-0.4, -0.2) is 52.6 Å². The third kappa shape index (κ3) is 4.99. The summed E-state index contributed by atoms with van der Waals surface area (Å²) in [5.41, 5.74) is 0.571. The van der Waals surface area contributed by atoms with Crippen LogP contribution in [0.3, 0.4) is 0 Å². The summed E-state index contributed by atoms with van der Waals surface area (Å²) in [7, 11) is 2.48. The average molecular weight is 433 g/mol. The normalized spacial score (nSPS) is 13.2. The maximum atomic E-state index is 12.5. The number of carbonyl (C=O) groups is 3. The molecule has 160 valence electrons. The topological polar surface area (TPSA) is 112 Å². The van der Waals surface area contributed by atoms with Crippen LogP contribution in [-0.2, 0) is 14.3 Å². The summed E-state index contributed by atoms with van der Waals surface area (Å²) in [4.78, 5) is 36.3. The van der Waals surface area contributed by atoms with Crippen LogP contribution in [0.2, 0.25) is 0 Å². The predicted molar refractivity (Wildman–Crippen MR) is 111 cm³/mol. The average Bonchev–Trinajstić information content (AvgIpc) is 3.49. The van der Waals surface area contributed by atoms with Crippen LogP contribution in [0.4, 0.5) is 5.69 Å². The Labute approximate surface area is 178 Å². The van der Waals surface area contributed by atoms with Crippen molar-refractivity contribution in [3.05, 3.63) is 35.2 Å². The molecule has 2 aromatic rings. The standard InChI is InChI=1S/C20H24N4O5S/c1-11(2)24-17(12-5-6-12)22-23-20(24)30-10-16(25)21-15-8-13(18(26)28-3)7-14(9-15)19(27)29-4/h7-9,11-12H,5-6,10H2,1-4H3,(H,21,25). The lowest BCUT2D eigenvalue weighted by Crippen LogP contribution is -2.16. The molecule has 0 atom stereocenters. The van der Waals surface area contributed by atoms with Crippen LogP contribution in [0, 0.1) is 0 Å². The number of thioether (sulfide) groups is 1. The fourth-order valence-corrected chi connectivity index (χ4v) is 3.86. The number of hydrogen-bond acceptors (Lipinski definition) is 8. The molecule has 1 aliphatic rings. The van der Waals surface area contributed by atoms with Gasteiger partial charge in [-0.25, -0.2) is 9.59 Å². The molecule has 0 bridgehead atoms. The Morgan fingerprint density at radius 2 is 1.70 bits per heavy atom. The minimum absolute atomic E-state index is 0.103. The third-order valence-electron chi connectivity index (χ3n) is 4.54. The first-order chi connectivity index (χ1) is 14.3. The van der Waals surface area contributed by atoms with Crippen molar-refractivity contribution < 1.29 is 23.9 Å². The zero-order chi connectivity index (χ0) is 21.8. The summed E-state index contributed by atoms with van der Waals surface area (Å²) in [5, 5.41) is 12.0. The number of aromatic nitrogens is 3. The molecule has 0 spiro atoms. The van der Waals surface area contributed by atoms with Gasteiger partial charge in [-0.2, -0.15) is 0 Å². The lowest BCUT2D eigenvalue weighted by Gasteiger charge is -2.13. The summed E-state index contributed by atoms with van der Waals surface area (Å²) in [5.74, 6) is -0.0103. The van der Waals surface area contributed by atoms with Gasteiger partial charge >= 0.3 is 11.9 Å². The second-order valence-electron chi connectivity index (χ2n) is 7.20. The van der Waals surface area contributed by atoms with Crippen molar-refractivity contribution >= 4 is 35.3 Å². The summed E-state index contributed by atoms with van der Waals surface area (Å²) in [6, 6.07) is 4.44. The predicted octanol–water partition coefficient (Wildman–Crippen LogP) is 3.04. The van der Waals surface area contributed by atoms with Gasteiger partial charge < -0.3 is 19.4 Å². The molecule has 0 unspecified atom stereocenters. The number of anilines is 1. The van der Waals surface area contributed by atoms with Gasteiger partial charge in [0.1, 0.15) is 5.82 Å². The van der Waals surface area contributed by atoms with E-state index in [4.69, 9.17) is 9.47 Å². The number of nitrogens with zero attached hydrogens (tertiary/aromatic N) is 3. The molecule has 30 heavy (non-hydrogen) atoms. The van der Waals surface area contributed by atoms with Gasteiger partial charge in [0, 0.05) is 17.6 Å². The first kappa shape index (κ1) is 21.8. The fourth-order valence-electron chi connectivity index (χ4n) is 2.99. The van der Waals surface area contributed by atoms with Crippen LogP contribution in [0.15, 0.2) is 23.4 Å². The van der Waals surface area contributed by atoms with E-state index in [1.54, 1.807) is 0 Å². The van der Waals surface area contributed by atoms with Gasteiger partial charge in [0.15, 0.2) is 5.16 Å². The molecule has 1 aromatic carbocycles. The summed E-state index contributed by atoms with van der Waals surface area (Å²) in [6.45, 7) is 4.12. The highest BCUT2D eigenvalue weighted by Gasteiger charge is 2.31. The first-order valence-electron chi connectivity index (χ1n) is 9.53. The molecule has 1 aliphatic carbocycles. The summed E-state index contributed by atoms with van der Waals surface area (Å²) in [6.07, 6.45) is 2.24. The highest BCUT2D eigenvalue weighted by molar-refractivity contribution is 7.99. The number of hydrogen-bond donors (Lipinski definition) is 1. The highest BCUT2D eigenvalue weighted by Crippen LogP contribution is 2.41. The molecule has 1 N–H and O–H groups in total. The Kier molecular flexibility index (Phi) is 6.76. The van der Waals surface area contributed by atoms with Gasteiger partial charge in [0.2, 0.25) is 5.91 Å². The number of esters is 2. The Morgan fingerprint density at radius 1 is 1.10 bits per heavy atom. The number of carbonyl (C=O) groups excluding carboxylic acids is 3. The number of methoxy groups -OCH3 is 2. The van der Waals surface area contributed by atoms with Gasteiger partial charge in [-0.1, -0.05) is 11.8 Å². The molecule has 0 saturated heterocycles. The Balaban J connectivity index is 1.72. The van der Waals surface area contributed by atoms with E-state index in [2.05, 4.69) is 33.9 Å². The Hall–Kier alpha value is -2.88. The van der Waals surface area contributed by atoms with Gasteiger partial charge in [-0.05, 0) is 44.9 Å². The smallest absolute Gasteiger partial charge is 0.337 e. The number of amides is 1. The van der Waals surface area contributed by atoms with Crippen LogP contribution >= 0.6 is 11.8 Å². The van der Waals surface area contributed by atoms with E-state index in [1.165, 1.54) is 44.2 Å². The van der Waals surface area contributed by atoms with E-state index in [0.717, 1.165) is 18.7 Å². The van der Waals surface area contributed by atoms with Crippen molar-refractivity contribution in [2.75, 3.05) is 25.3 Å². The molecule has 1 fully saturated rings. The van der Waals surface area contributed by atoms with Gasteiger partial charge in [0.05, 0.1) is 31.1 Å². The number of benzene rings is 1. The quantitative estimate of drug-likeness (QED) is 0.500. The minimum atomic E-state index is -0.622. The molecule has 3 rings (SSSR count). The van der Waals surface area contributed by atoms with Crippen molar-refractivity contribution in [3.63, 3.8) is 0 Å². The maximum Gasteiger partial charge on any atom is 0.337 e. The molecule has 1 amide bonds. The lowest BCUT2D eigenvalue weighted by atomic mass is 10.1. The first-order valence-corrected chi connectivity index (χ1v) is 10.5. The molecule has 0 radical (unpaired) electrons. The molecule has 0 aliphatic heterocycles. The van der Waals surface area contributed by atoms with E-state index in [1.807, 2.05) is 0 Å². The maximum absolute atomic E-state index is 12.5. The number of nitrogens with one attached hydrogen (secondary N) is 1. The SMILES string of the molecule is COC(=O)c1cc(NC(=O)CSc2nnc(C3CC3)n2C(C)C)cc(C(=O)OC)c1. The van der Waals surface area contributed by atoms with E-state index >= 15 is 0 Å². The zero-order valence-electron chi connectivity index (χ0n) is 17.3. The minimum Gasteiger partial charge on any atom is -0.465 e. The second kappa shape index (κ2) is 9.29. The largest absolute Gasteiger partial charge is 0.465 e.